The second-order valence-electron chi connectivity index (χ2n) is 6.75. The van der Waals surface area contributed by atoms with Crippen LogP contribution in [0.5, 0.6) is 0 Å². The summed E-state index contributed by atoms with van der Waals surface area (Å²) in [7, 11) is 3.58. The van der Waals surface area contributed by atoms with Gasteiger partial charge in [0.15, 0.2) is 5.96 Å². The summed E-state index contributed by atoms with van der Waals surface area (Å²) in [5.41, 5.74) is 0. The summed E-state index contributed by atoms with van der Waals surface area (Å²) in [4.78, 5) is 21.0. The van der Waals surface area contributed by atoms with E-state index in [1.54, 1.807) is 7.11 Å². The van der Waals surface area contributed by atoms with Crippen molar-refractivity contribution >= 4 is 11.9 Å². The highest BCUT2D eigenvalue weighted by molar-refractivity contribution is 5.80. The van der Waals surface area contributed by atoms with Crippen molar-refractivity contribution in [3.05, 3.63) is 0 Å². The van der Waals surface area contributed by atoms with Gasteiger partial charge in [0.25, 0.3) is 0 Å². The molecule has 0 aromatic rings. The Hall–Kier alpha value is -1.34. The fourth-order valence-corrected chi connectivity index (χ4v) is 3.36. The van der Waals surface area contributed by atoms with Gasteiger partial charge in [0.2, 0.25) is 0 Å². The molecule has 25 heavy (non-hydrogen) atoms. The molecule has 7 heteroatoms. The van der Waals surface area contributed by atoms with Crippen LogP contribution in [0.15, 0.2) is 4.99 Å². The minimum absolute atomic E-state index is 0.0358. The standard InChI is InChI=1S/C18H34N4O3/c1-4-25-17(23)15-7-10-22(11-8-15)18(19-2)20-9-12-21(13-14-24-3)16-5-6-16/h15-16H,4-14H2,1-3H3,(H,19,20). The van der Waals surface area contributed by atoms with E-state index < -0.39 is 0 Å². The lowest BCUT2D eigenvalue weighted by atomic mass is 9.97. The van der Waals surface area contributed by atoms with Gasteiger partial charge in [0.1, 0.15) is 0 Å². The number of nitrogens with zero attached hydrogens (tertiary/aromatic N) is 3. The Morgan fingerprint density at radius 3 is 2.52 bits per heavy atom. The van der Waals surface area contributed by atoms with Gasteiger partial charge in [-0.25, -0.2) is 0 Å². The first-order valence-electron chi connectivity index (χ1n) is 9.54. The summed E-state index contributed by atoms with van der Waals surface area (Å²) >= 11 is 0. The predicted octanol–water partition coefficient (Wildman–Crippen LogP) is 0.948. The van der Waals surface area contributed by atoms with E-state index in [1.807, 2.05) is 14.0 Å². The van der Waals surface area contributed by atoms with E-state index in [2.05, 4.69) is 20.1 Å². The minimum Gasteiger partial charge on any atom is -0.466 e. The molecule has 1 aliphatic carbocycles. The SMILES string of the molecule is CCOC(=O)C1CCN(C(=NC)NCCN(CCOC)C2CC2)CC1. The summed E-state index contributed by atoms with van der Waals surface area (Å²) < 4.78 is 10.3. The van der Waals surface area contributed by atoms with Gasteiger partial charge in [-0.2, -0.15) is 0 Å². The molecule has 0 spiro atoms. The van der Waals surface area contributed by atoms with Crippen LogP contribution >= 0.6 is 0 Å². The molecule has 2 fully saturated rings. The van der Waals surface area contributed by atoms with E-state index in [4.69, 9.17) is 9.47 Å². The number of piperidine rings is 1. The monoisotopic (exact) mass is 354 g/mol. The zero-order valence-corrected chi connectivity index (χ0v) is 16.0. The van der Waals surface area contributed by atoms with Gasteiger partial charge in [0.05, 0.1) is 19.1 Å². The zero-order chi connectivity index (χ0) is 18.1. The fraction of sp³-hybridized carbons (Fsp3) is 0.889. The number of methoxy groups -OCH3 is 1. The first kappa shape index (κ1) is 20.0. The second kappa shape index (κ2) is 10.6. The third-order valence-corrected chi connectivity index (χ3v) is 4.95. The average Bonchev–Trinajstić information content (AvgIpc) is 3.47. The van der Waals surface area contributed by atoms with E-state index in [9.17, 15) is 4.79 Å². The van der Waals surface area contributed by atoms with E-state index in [0.29, 0.717) is 6.61 Å². The van der Waals surface area contributed by atoms with Crippen LogP contribution in [0.25, 0.3) is 0 Å². The molecule has 1 N–H and O–H groups in total. The van der Waals surface area contributed by atoms with Gasteiger partial charge < -0.3 is 19.7 Å². The number of esters is 1. The third kappa shape index (κ3) is 6.47. The number of carbonyl (C=O) groups is 1. The average molecular weight is 354 g/mol. The first-order valence-corrected chi connectivity index (χ1v) is 9.54. The van der Waals surface area contributed by atoms with Crippen molar-refractivity contribution < 1.29 is 14.3 Å². The fourth-order valence-electron chi connectivity index (χ4n) is 3.36. The van der Waals surface area contributed by atoms with Crippen LogP contribution in [0, 0.1) is 5.92 Å². The highest BCUT2D eigenvalue weighted by Crippen LogP contribution is 2.26. The molecule has 1 aliphatic heterocycles. The Morgan fingerprint density at radius 1 is 1.24 bits per heavy atom. The number of likely N-dealkylation sites (tertiary alicyclic amines) is 1. The topological polar surface area (TPSA) is 66.4 Å². The normalized spacial score (nSPS) is 19.4. The highest BCUT2D eigenvalue weighted by atomic mass is 16.5. The molecule has 2 aliphatic rings. The van der Waals surface area contributed by atoms with Crippen LogP contribution in [-0.2, 0) is 14.3 Å². The smallest absolute Gasteiger partial charge is 0.309 e. The lowest BCUT2D eigenvalue weighted by Gasteiger charge is -2.33. The predicted molar refractivity (Wildman–Crippen MR) is 98.8 cm³/mol. The van der Waals surface area contributed by atoms with Crippen molar-refractivity contribution in [2.45, 2.75) is 38.6 Å². The molecule has 2 rings (SSSR count). The summed E-state index contributed by atoms with van der Waals surface area (Å²) in [6.45, 7) is 7.67. The van der Waals surface area contributed by atoms with Crippen molar-refractivity contribution in [2.75, 3.05) is 60.1 Å². The molecule has 0 unspecified atom stereocenters. The Kier molecular flexibility index (Phi) is 8.48. The van der Waals surface area contributed by atoms with Gasteiger partial charge in [0, 0.05) is 52.9 Å². The molecule has 1 saturated carbocycles. The highest BCUT2D eigenvalue weighted by Gasteiger charge is 2.29. The van der Waals surface area contributed by atoms with Gasteiger partial charge in [-0.3, -0.25) is 14.7 Å². The number of hydrogen-bond donors (Lipinski definition) is 1. The Morgan fingerprint density at radius 2 is 1.96 bits per heavy atom. The number of nitrogens with one attached hydrogen (secondary N) is 1. The largest absolute Gasteiger partial charge is 0.466 e. The van der Waals surface area contributed by atoms with E-state index in [-0.39, 0.29) is 11.9 Å². The molecule has 0 aromatic heterocycles. The maximum Gasteiger partial charge on any atom is 0.309 e. The lowest BCUT2D eigenvalue weighted by molar-refractivity contribution is -0.149. The second-order valence-corrected chi connectivity index (χ2v) is 6.75. The Balaban J connectivity index is 1.71. The molecule has 0 bridgehead atoms. The number of hydrogen-bond acceptors (Lipinski definition) is 5. The van der Waals surface area contributed by atoms with Crippen molar-refractivity contribution in [2.24, 2.45) is 10.9 Å². The summed E-state index contributed by atoms with van der Waals surface area (Å²) in [6, 6.07) is 0.735. The van der Waals surface area contributed by atoms with E-state index in [1.165, 1.54) is 12.8 Å². The quantitative estimate of drug-likeness (QED) is 0.378. The third-order valence-electron chi connectivity index (χ3n) is 4.95. The van der Waals surface area contributed by atoms with Crippen molar-refractivity contribution in [1.29, 1.82) is 0 Å². The van der Waals surface area contributed by atoms with Crippen molar-refractivity contribution in [3.8, 4) is 0 Å². The number of rotatable bonds is 9. The van der Waals surface area contributed by atoms with Gasteiger partial charge in [-0.15, -0.1) is 0 Å². The van der Waals surface area contributed by atoms with Crippen LogP contribution in [0.1, 0.15) is 32.6 Å². The number of guanidine groups is 1. The lowest BCUT2D eigenvalue weighted by Crippen LogP contribution is -2.48. The molecule has 1 saturated heterocycles. The molecular formula is C18H34N4O3. The molecule has 7 nitrogen and oxygen atoms in total. The van der Waals surface area contributed by atoms with E-state index >= 15 is 0 Å². The Bertz CT molecular complexity index is 432. The molecular weight excluding hydrogens is 320 g/mol. The minimum atomic E-state index is -0.0525. The van der Waals surface area contributed by atoms with Gasteiger partial charge >= 0.3 is 5.97 Å². The summed E-state index contributed by atoms with van der Waals surface area (Å²) in [5.74, 6) is 0.918. The number of aliphatic imine (C=N–C) groups is 1. The maximum atomic E-state index is 11.8. The molecule has 144 valence electrons. The molecule has 1 heterocycles. The van der Waals surface area contributed by atoms with E-state index in [0.717, 1.165) is 64.2 Å². The van der Waals surface area contributed by atoms with Gasteiger partial charge in [-0.1, -0.05) is 0 Å². The number of carbonyl (C=O) groups excluding carboxylic acids is 1. The van der Waals surface area contributed by atoms with Crippen molar-refractivity contribution in [3.63, 3.8) is 0 Å². The summed E-state index contributed by atoms with van der Waals surface area (Å²) in [6.07, 6.45) is 4.28. The number of ether oxygens (including phenoxy) is 2. The van der Waals surface area contributed by atoms with Crippen LogP contribution in [0.3, 0.4) is 0 Å². The first-order chi connectivity index (χ1) is 12.2. The van der Waals surface area contributed by atoms with Crippen LogP contribution in [-0.4, -0.2) is 87.9 Å². The van der Waals surface area contributed by atoms with Crippen LogP contribution in [0.2, 0.25) is 0 Å². The molecule has 0 aromatic carbocycles. The van der Waals surface area contributed by atoms with Crippen LogP contribution in [0.4, 0.5) is 0 Å². The molecule has 0 amide bonds. The van der Waals surface area contributed by atoms with Crippen molar-refractivity contribution in [1.82, 2.24) is 15.1 Å². The zero-order valence-electron chi connectivity index (χ0n) is 16.0. The van der Waals surface area contributed by atoms with Crippen LogP contribution < -0.4 is 5.32 Å². The molecule has 0 atom stereocenters. The van der Waals surface area contributed by atoms with Gasteiger partial charge in [-0.05, 0) is 32.6 Å². The maximum absolute atomic E-state index is 11.8. The summed E-state index contributed by atoms with van der Waals surface area (Å²) in [5, 5.41) is 3.48. The molecule has 0 radical (unpaired) electrons. The Labute approximate surface area is 151 Å².